The van der Waals surface area contributed by atoms with E-state index in [0.717, 1.165) is 0 Å². The molecule has 0 saturated carbocycles. The number of carbonyl (C=O) groups excluding carboxylic acids is 2. The number of hydrogen-bond acceptors (Lipinski definition) is 7. The Kier molecular flexibility index (Phi) is 8.34. The van der Waals surface area contributed by atoms with Crippen LogP contribution >= 0.6 is 27.5 Å². The highest BCUT2D eigenvalue weighted by molar-refractivity contribution is 9.10. The number of rotatable bonds is 8. The lowest BCUT2D eigenvalue weighted by molar-refractivity contribution is -0.384. The molecule has 174 valence electrons. The first kappa shape index (κ1) is 24.9. The van der Waals surface area contributed by atoms with Crippen LogP contribution in [0.4, 0.5) is 5.69 Å². The Morgan fingerprint density at radius 1 is 1.12 bits per heavy atom. The molecule has 0 spiro atoms. The fourth-order valence-electron chi connectivity index (χ4n) is 2.62. The van der Waals surface area contributed by atoms with Crippen molar-refractivity contribution in [3.8, 4) is 11.5 Å². The van der Waals surface area contributed by atoms with E-state index < -0.39 is 22.9 Å². The van der Waals surface area contributed by atoms with Gasteiger partial charge in [0.2, 0.25) is 0 Å². The lowest BCUT2D eigenvalue weighted by Gasteiger charge is -2.12. The number of halogens is 2. The molecular weight excluding hydrogens is 530 g/mol. The van der Waals surface area contributed by atoms with Crippen LogP contribution < -0.4 is 14.9 Å². The number of nitrogens with one attached hydrogen (secondary N) is 1. The van der Waals surface area contributed by atoms with E-state index in [4.69, 9.17) is 21.1 Å². The van der Waals surface area contributed by atoms with Gasteiger partial charge in [-0.05, 0) is 61.5 Å². The molecule has 0 unspecified atom stereocenters. The van der Waals surface area contributed by atoms with Crippen LogP contribution in [0.5, 0.6) is 11.5 Å². The van der Waals surface area contributed by atoms with Gasteiger partial charge in [-0.25, -0.2) is 10.2 Å². The molecule has 0 aliphatic heterocycles. The minimum Gasteiger partial charge on any atom is -0.481 e. The number of hydrazone groups is 1. The van der Waals surface area contributed by atoms with Gasteiger partial charge in [0, 0.05) is 27.2 Å². The lowest BCUT2D eigenvalue weighted by atomic mass is 10.2. The molecule has 1 amide bonds. The predicted octanol–water partition coefficient (Wildman–Crippen LogP) is 5.15. The molecule has 11 heteroatoms. The van der Waals surface area contributed by atoms with E-state index in [0.29, 0.717) is 26.4 Å². The molecule has 0 aliphatic carbocycles. The summed E-state index contributed by atoms with van der Waals surface area (Å²) in [4.78, 5) is 34.9. The second-order valence-corrected chi connectivity index (χ2v) is 8.18. The van der Waals surface area contributed by atoms with Crippen molar-refractivity contribution in [2.75, 3.05) is 0 Å². The number of amides is 1. The molecule has 0 saturated heterocycles. The third kappa shape index (κ3) is 6.87. The highest BCUT2D eigenvalue weighted by atomic mass is 79.9. The number of esters is 1. The minimum atomic E-state index is -0.927. The fraction of sp³-hybridized carbons (Fsp3) is 0.0870. The molecule has 3 aromatic rings. The molecular formula is C23H17BrClN3O6. The summed E-state index contributed by atoms with van der Waals surface area (Å²) < 4.78 is 11.6. The van der Waals surface area contributed by atoms with Gasteiger partial charge >= 0.3 is 5.97 Å². The first-order valence-electron chi connectivity index (χ1n) is 9.74. The maximum Gasteiger partial charge on any atom is 0.343 e. The molecule has 1 N–H and O–H groups in total. The van der Waals surface area contributed by atoms with E-state index in [1.165, 1.54) is 37.4 Å². The van der Waals surface area contributed by atoms with E-state index in [2.05, 4.69) is 26.5 Å². The molecule has 3 aromatic carbocycles. The Morgan fingerprint density at radius 2 is 1.79 bits per heavy atom. The van der Waals surface area contributed by atoms with Gasteiger partial charge in [0.15, 0.2) is 6.10 Å². The van der Waals surface area contributed by atoms with E-state index >= 15 is 0 Å². The summed E-state index contributed by atoms with van der Waals surface area (Å²) in [5.41, 5.74) is 3.01. The number of benzene rings is 3. The summed E-state index contributed by atoms with van der Waals surface area (Å²) in [5, 5.41) is 15.1. The maximum absolute atomic E-state index is 12.4. The third-order valence-corrected chi connectivity index (χ3v) is 5.11. The molecule has 0 aliphatic rings. The highest BCUT2D eigenvalue weighted by Crippen LogP contribution is 2.23. The zero-order chi connectivity index (χ0) is 24.7. The van der Waals surface area contributed by atoms with Crippen LogP contribution in [0, 0.1) is 10.1 Å². The lowest BCUT2D eigenvalue weighted by Crippen LogP contribution is -2.33. The minimum absolute atomic E-state index is 0.0874. The molecule has 0 bridgehead atoms. The van der Waals surface area contributed by atoms with Gasteiger partial charge in [0.25, 0.3) is 11.6 Å². The third-order valence-electron chi connectivity index (χ3n) is 4.36. The Labute approximate surface area is 207 Å². The fourth-order valence-corrected chi connectivity index (χ4v) is 3.12. The normalized spacial score (nSPS) is 11.6. The molecule has 3 rings (SSSR count). The van der Waals surface area contributed by atoms with Crippen molar-refractivity contribution in [1.29, 1.82) is 0 Å². The van der Waals surface area contributed by atoms with E-state index in [1.807, 2.05) is 0 Å². The quantitative estimate of drug-likeness (QED) is 0.137. The number of nitro groups is 1. The number of nitrogens with zero attached hydrogens (tertiary/aromatic N) is 2. The van der Waals surface area contributed by atoms with Crippen LogP contribution in [0.2, 0.25) is 5.02 Å². The molecule has 1 atom stereocenters. The van der Waals surface area contributed by atoms with E-state index in [9.17, 15) is 19.7 Å². The average Bonchev–Trinajstić information content (AvgIpc) is 2.81. The Balaban J connectivity index is 1.63. The monoisotopic (exact) mass is 545 g/mol. The summed E-state index contributed by atoms with van der Waals surface area (Å²) in [5.74, 6) is -0.607. The largest absolute Gasteiger partial charge is 0.481 e. The molecule has 9 nitrogen and oxygen atoms in total. The van der Waals surface area contributed by atoms with Crippen LogP contribution in [0.1, 0.15) is 22.8 Å². The van der Waals surface area contributed by atoms with Gasteiger partial charge in [-0.2, -0.15) is 5.10 Å². The van der Waals surface area contributed by atoms with Crippen LogP contribution in [-0.2, 0) is 4.79 Å². The van der Waals surface area contributed by atoms with Crippen molar-refractivity contribution < 1.29 is 24.0 Å². The van der Waals surface area contributed by atoms with Crippen LogP contribution in [0.25, 0.3) is 0 Å². The summed E-state index contributed by atoms with van der Waals surface area (Å²) in [6.07, 6.45) is 0.398. The van der Waals surface area contributed by atoms with Crippen molar-refractivity contribution in [3.05, 3.63) is 97.5 Å². The van der Waals surface area contributed by atoms with Crippen LogP contribution in [-0.4, -0.2) is 29.1 Å². The summed E-state index contributed by atoms with van der Waals surface area (Å²) >= 11 is 9.19. The van der Waals surface area contributed by atoms with Crippen molar-refractivity contribution in [2.45, 2.75) is 13.0 Å². The van der Waals surface area contributed by atoms with Crippen molar-refractivity contribution in [3.63, 3.8) is 0 Å². The van der Waals surface area contributed by atoms with Gasteiger partial charge in [-0.15, -0.1) is 0 Å². The molecule has 0 heterocycles. The van der Waals surface area contributed by atoms with Crippen molar-refractivity contribution in [2.24, 2.45) is 5.10 Å². The number of hydrogen-bond donors (Lipinski definition) is 1. The molecule has 34 heavy (non-hydrogen) atoms. The van der Waals surface area contributed by atoms with Gasteiger partial charge < -0.3 is 9.47 Å². The van der Waals surface area contributed by atoms with E-state index in [1.54, 1.807) is 42.5 Å². The second kappa shape index (κ2) is 11.4. The van der Waals surface area contributed by atoms with Crippen LogP contribution in [0.3, 0.4) is 0 Å². The molecule has 0 fully saturated rings. The number of ether oxygens (including phenoxy) is 2. The van der Waals surface area contributed by atoms with Gasteiger partial charge in [-0.3, -0.25) is 14.9 Å². The number of nitro benzene ring substituents is 1. The SMILES string of the molecule is C[C@H](Oc1ccc([N+](=O)[O-])cc1)C(=O)N/N=C\c1cc(Br)ccc1OC(=O)c1ccc(Cl)cc1. The Bertz CT molecular complexity index is 1230. The number of carbonyl (C=O) groups is 2. The smallest absolute Gasteiger partial charge is 0.343 e. The second-order valence-electron chi connectivity index (χ2n) is 6.82. The standard InChI is InChI=1S/C23H17BrClN3O6/c1-14(33-20-9-7-19(8-10-20)28(31)32)22(29)27-26-13-16-12-17(24)4-11-21(16)34-23(30)15-2-5-18(25)6-3-15/h2-14H,1H3,(H,27,29)/b26-13-/t14-/m0/s1. The highest BCUT2D eigenvalue weighted by Gasteiger charge is 2.15. The van der Waals surface area contributed by atoms with Gasteiger partial charge in [-0.1, -0.05) is 27.5 Å². The van der Waals surface area contributed by atoms with Crippen molar-refractivity contribution >= 4 is 51.3 Å². The zero-order valence-electron chi connectivity index (χ0n) is 17.6. The topological polar surface area (TPSA) is 120 Å². The summed E-state index contributed by atoms with van der Waals surface area (Å²) in [7, 11) is 0. The Hall–Kier alpha value is -3.76. The molecule has 0 aromatic heterocycles. The first-order valence-corrected chi connectivity index (χ1v) is 10.9. The average molecular weight is 547 g/mol. The van der Waals surface area contributed by atoms with Crippen molar-refractivity contribution in [1.82, 2.24) is 5.43 Å². The van der Waals surface area contributed by atoms with Crippen LogP contribution in [0.15, 0.2) is 76.3 Å². The first-order chi connectivity index (χ1) is 16.2. The summed E-state index contributed by atoms with van der Waals surface area (Å²) in [6, 6.07) is 16.5. The van der Waals surface area contributed by atoms with Gasteiger partial charge in [0.1, 0.15) is 11.5 Å². The molecule has 0 radical (unpaired) electrons. The summed E-state index contributed by atoms with van der Waals surface area (Å²) in [6.45, 7) is 1.50. The number of non-ortho nitro benzene ring substituents is 1. The Morgan fingerprint density at radius 3 is 2.44 bits per heavy atom. The van der Waals surface area contributed by atoms with Gasteiger partial charge in [0.05, 0.1) is 16.7 Å². The van der Waals surface area contributed by atoms with E-state index in [-0.39, 0.29) is 11.4 Å². The zero-order valence-corrected chi connectivity index (χ0v) is 19.9. The maximum atomic E-state index is 12.4. The predicted molar refractivity (Wildman–Crippen MR) is 129 cm³/mol.